The van der Waals surface area contributed by atoms with Crippen LogP contribution in [0.3, 0.4) is 0 Å². The van der Waals surface area contributed by atoms with Gasteiger partial charge in [-0.05, 0) is 49.1 Å². The Morgan fingerprint density at radius 1 is 0.903 bits per heavy atom. The highest BCUT2D eigenvalue weighted by Gasteiger charge is 2.26. The van der Waals surface area contributed by atoms with Crippen LogP contribution in [0.1, 0.15) is 45.9 Å². The highest BCUT2D eigenvalue weighted by Crippen LogP contribution is 2.26. The van der Waals surface area contributed by atoms with E-state index in [9.17, 15) is 13.2 Å². The Labute approximate surface area is 183 Å². The first-order valence-corrected chi connectivity index (χ1v) is 12.1. The van der Waals surface area contributed by atoms with E-state index in [0.29, 0.717) is 24.2 Å². The van der Waals surface area contributed by atoms with E-state index in [1.165, 1.54) is 4.31 Å². The van der Waals surface area contributed by atoms with Crippen LogP contribution in [-0.4, -0.2) is 26.6 Å². The van der Waals surface area contributed by atoms with Gasteiger partial charge in [-0.25, -0.2) is 8.42 Å². The van der Waals surface area contributed by atoms with Crippen molar-refractivity contribution in [2.24, 2.45) is 0 Å². The lowest BCUT2D eigenvalue weighted by molar-refractivity contribution is 0.0943. The summed E-state index contributed by atoms with van der Waals surface area (Å²) in [7, 11) is -3.33. The first kappa shape index (κ1) is 21.1. The standard InChI is InChI=1S/C25H26N2O3S/c1-19-9-7-12-21(17-19)24(20-10-3-2-4-11-20)26-25(28)22-13-8-14-23(18-22)27-15-5-6-16-31(27,29)30/h2-4,7-14,17-18,24H,5-6,15-16H2,1H3,(H,26,28)/t24-/m1/s1. The molecule has 0 radical (unpaired) electrons. The second-order valence-corrected chi connectivity index (χ2v) is 9.89. The van der Waals surface area contributed by atoms with Crippen molar-refractivity contribution in [2.45, 2.75) is 25.8 Å². The largest absolute Gasteiger partial charge is 0.341 e. The van der Waals surface area contributed by atoms with Crippen LogP contribution in [0.15, 0.2) is 78.9 Å². The predicted octanol–water partition coefficient (Wildman–Crippen LogP) is 4.44. The summed E-state index contributed by atoms with van der Waals surface area (Å²) in [5, 5.41) is 3.14. The maximum atomic E-state index is 13.2. The highest BCUT2D eigenvalue weighted by atomic mass is 32.2. The number of sulfonamides is 1. The van der Waals surface area contributed by atoms with Gasteiger partial charge in [0.2, 0.25) is 10.0 Å². The maximum absolute atomic E-state index is 13.2. The second-order valence-electron chi connectivity index (χ2n) is 7.88. The third-order valence-corrected chi connectivity index (χ3v) is 7.40. The van der Waals surface area contributed by atoms with E-state index in [1.807, 2.05) is 55.5 Å². The molecule has 0 aliphatic carbocycles. The fraction of sp³-hybridized carbons (Fsp3) is 0.240. The fourth-order valence-electron chi connectivity index (χ4n) is 3.95. The summed E-state index contributed by atoms with van der Waals surface area (Å²) in [6, 6.07) is 24.4. The van der Waals surface area contributed by atoms with Crippen molar-refractivity contribution < 1.29 is 13.2 Å². The van der Waals surface area contributed by atoms with E-state index in [4.69, 9.17) is 0 Å². The Kier molecular flexibility index (Phi) is 6.09. The number of nitrogens with one attached hydrogen (secondary N) is 1. The van der Waals surface area contributed by atoms with E-state index in [2.05, 4.69) is 11.4 Å². The van der Waals surface area contributed by atoms with Crippen LogP contribution in [0.2, 0.25) is 0 Å². The van der Waals surface area contributed by atoms with E-state index >= 15 is 0 Å². The molecule has 5 nitrogen and oxygen atoms in total. The first-order valence-electron chi connectivity index (χ1n) is 10.5. The molecule has 31 heavy (non-hydrogen) atoms. The van der Waals surface area contributed by atoms with Gasteiger partial charge >= 0.3 is 0 Å². The maximum Gasteiger partial charge on any atom is 0.252 e. The molecule has 0 bridgehead atoms. The van der Waals surface area contributed by atoms with Crippen LogP contribution < -0.4 is 9.62 Å². The molecule has 1 heterocycles. The molecule has 0 saturated carbocycles. The van der Waals surface area contributed by atoms with Crippen LogP contribution in [0.25, 0.3) is 0 Å². The molecule has 160 valence electrons. The number of nitrogens with zero attached hydrogens (tertiary/aromatic N) is 1. The summed E-state index contributed by atoms with van der Waals surface area (Å²) < 4.78 is 26.4. The van der Waals surface area contributed by atoms with Gasteiger partial charge < -0.3 is 5.32 Å². The highest BCUT2D eigenvalue weighted by molar-refractivity contribution is 7.92. The van der Waals surface area contributed by atoms with Crippen molar-refractivity contribution >= 4 is 21.6 Å². The molecule has 1 saturated heterocycles. The van der Waals surface area contributed by atoms with Crippen LogP contribution in [0.4, 0.5) is 5.69 Å². The molecule has 0 spiro atoms. The summed E-state index contributed by atoms with van der Waals surface area (Å²) in [5.74, 6) is -0.0982. The lowest BCUT2D eigenvalue weighted by atomic mass is 9.97. The van der Waals surface area contributed by atoms with Gasteiger partial charge in [0.15, 0.2) is 0 Å². The molecular weight excluding hydrogens is 408 g/mol. The molecule has 1 atom stereocenters. The van der Waals surface area contributed by atoms with Crippen molar-refractivity contribution in [2.75, 3.05) is 16.6 Å². The molecular formula is C25H26N2O3S. The van der Waals surface area contributed by atoms with Gasteiger partial charge in [-0.2, -0.15) is 0 Å². The van der Waals surface area contributed by atoms with Gasteiger partial charge in [-0.1, -0.05) is 66.2 Å². The number of benzene rings is 3. The average Bonchev–Trinajstić information content (AvgIpc) is 2.77. The third-order valence-electron chi connectivity index (χ3n) is 5.53. The third kappa shape index (κ3) is 4.80. The lowest BCUT2D eigenvalue weighted by Crippen LogP contribution is -2.38. The Bertz CT molecular complexity index is 1180. The summed E-state index contributed by atoms with van der Waals surface area (Å²) in [5.41, 5.74) is 4.07. The Hall–Kier alpha value is -3.12. The topological polar surface area (TPSA) is 66.5 Å². The normalized spacial score (nSPS) is 16.5. The number of carbonyl (C=O) groups excluding carboxylic acids is 1. The molecule has 3 aromatic rings. The number of aryl methyl sites for hydroxylation is 1. The Balaban J connectivity index is 1.64. The minimum absolute atomic E-state index is 0.146. The van der Waals surface area contributed by atoms with E-state index < -0.39 is 10.0 Å². The number of anilines is 1. The number of carbonyl (C=O) groups is 1. The Morgan fingerprint density at radius 2 is 1.65 bits per heavy atom. The minimum Gasteiger partial charge on any atom is -0.341 e. The summed E-state index contributed by atoms with van der Waals surface area (Å²) in [6.07, 6.45) is 1.49. The van der Waals surface area contributed by atoms with Crippen LogP contribution in [0.5, 0.6) is 0 Å². The molecule has 4 rings (SSSR count). The number of amides is 1. The van der Waals surface area contributed by atoms with Crippen LogP contribution in [-0.2, 0) is 10.0 Å². The van der Waals surface area contributed by atoms with Gasteiger partial charge in [-0.15, -0.1) is 0 Å². The van der Waals surface area contributed by atoms with Gasteiger partial charge in [0, 0.05) is 12.1 Å². The zero-order chi connectivity index (χ0) is 21.8. The fourth-order valence-corrected chi connectivity index (χ4v) is 5.58. The summed E-state index contributed by atoms with van der Waals surface area (Å²) >= 11 is 0. The van der Waals surface area contributed by atoms with Crippen molar-refractivity contribution in [3.05, 3.63) is 101 Å². The minimum atomic E-state index is -3.33. The first-order chi connectivity index (χ1) is 14.9. The van der Waals surface area contributed by atoms with E-state index in [1.54, 1.807) is 24.3 Å². The van der Waals surface area contributed by atoms with Crippen molar-refractivity contribution in [1.82, 2.24) is 5.32 Å². The second kappa shape index (κ2) is 8.94. The molecule has 0 unspecified atom stereocenters. The quantitative estimate of drug-likeness (QED) is 0.645. The van der Waals surface area contributed by atoms with E-state index in [-0.39, 0.29) is 17.7 Å². The SMILES string of the molecule is Cc1cccc([C@H](NC(=O)c2cccc(N3CCCCS3(=O)=O)c2)c2ccccc2)c1. The van der Waals surface area contributed by atoms with Gasteiger partial charge in [0.1, 0.15) is 0 Å². The van der Waals surface area contributed by atoms with Crippen molar-refractivity contribution in [3.8, 4) is 0 Å². The van der Waals surface area contributed by atoms with E-state index in [0.717, 1.165) is 23.1 Å². The number of hydrogen-bond acceptors (Lipinski definition) is 3. The zero-order valence-electron chi connectivity index (χ0n) is 17.5. The molecule has 1 amide bonds. The zero-order valence-corrected chi connectivity index (χ0v) is 18.3. The molecule has 0 aromatic heterocycles. The lowest BCUT2D eigenvalue weighted by Gasteiger charge is -2.28. The van der Waals surface area contributed by atoms with Crippen molar-refractivity contribution in [1.29, 1.82) is 0 Å². The number of rotatable bonds is 5. The van der Waals surface area contributed by atoms with Crippen molar-refractivity contribution in [3.63, 3.8) is 0 Å². The summed E-state index contributed by atoms with van der Waals surface area (Å²) in [6.45, 7) is 2.47. The summed E-state index contributed by atoms with van der Waals surface area (Å²) in [4.78, 5) is 13.2. The van der Waals surface area contributed by atoms with Crippen LogP contribution >= 0.6 is 0 Å². The van der Waals surface area contributed by atoms with Gasteiger partial charge in [0.05, 0.1) is 17.5 Å². The van der Waals surface area contributed by atoms with Gasteiger partial charge in [-0.3, -0.25) is 9.10 Å². The molecule has 1 aliphatic rings. The molecule has 1 aliphatic heterocycles. The average molecular weight is 435 g/mol. The molecule has 1 N–H and O–H groups in total. The molecule has 1 fully saturated rings. The smallest absolute Gasteiger partial charge is 0.252 e. The molecule has 3 aromatic carbocycles. The molecule has 6 heteroatoms. The van der Waals surface area contributed by atoms with Gasteiger partial charge in [0.25, 0.3) is 5.91 Å². The Morgan fingerprint density at radius 3 is 2.39 bits per heavy atom. The number of hydrogen-bond donors (Lipinski definition) is 1. The predicted molar refractivity (Wildman–Crippen MR) is 124 cm³/mol. The van der Waals surface area contributed by atoms with Crippen LogP contribution in [0, 0.1) is 6.92 Å². The monoisotopic (exact) mass is 434 g/mol.